The zero-order valence-electron chi connectivity index (χ0n) is 7.50. The summed E-state index contributed by atoms with van der Waals surface area (Å²) in [5.74, 6) is 0. The molecule has 1 heterocycles. The molecule has 5 nitrogen and oxygen atoms in total. The SMILES string of the molecule is CC[C@@H]1OC(CO)[C@H](O)[C@H](O)C1O. The fourth-order valence-corrected chi connectivity index (χ4v) is 1.52. The van der Waals surface area contributed by atoms with Gasteiger partial charge in [0.25, 0.3) is 0 Å². The summed E-state index contributed by atoms with van der Waals surface area (Å²) in [7, 11) is 0. The molecule has 0 aromatic heterocycles. The van der Waals surface area contributed by atoms with Crippen LogP contribution >= 0.6 is 0 Å². The number of ether oxygens (including phenoxy) is 1. The molecule has 1 saturated heterocycles. The van der Waals surface area contributed by atoms with Crippen LogP contribution in [0.4, 0.5) is 0 Å². The van der Waals surface area contributed by atoms with Crippen molar-refractivity contribution >= 4 is 0 Å². The second-order valence-corrected chi connectivity index (χ2v) is 3.28. The number of rotatable bonds is 2. The van der Waals surface area contributed by atoms with Gasteiger partial charge in [0.05, 0.1) is 12.7 Å². The molecule has 0 aromatic rings. The van der Waals surface area contributed by atoms with Crippen molar-refractivity contribution in [1.82, 2.24) is 0 Å². The van der Waals surface area contributed by atoms with Crippen molar-refractivity contribution in [3.05, 3.63) is 0 Å². The zero-order chi connectivity index (χ0) is 10.0. The van der Waals surface area contributed by atoms with Gasteiger partial charge >= 0.3 is 0 Å². The Morgan fingerprint density at radius 3 is 2.00 bits per heavy atom. The molecule has 13 heavy (non-hydrogen) atoms. The first-order chi connectivity index (χ1) is 6.11. The molecule has 1 rings (SSSR count). The van der Waals surface area contributed by atoms with E-state index in [2.05, 4.69) is 0 Å². The van der Waals surface area contributed by atoms with Gasteiger partial charge in [-0.15, -0.1) is 0 Å². The van der Waals surface area contributed by atoms with Crippen LogP contribution in [0.2, 0.25) is 0 Å². The molecule has 0 aromatic carbocycles. The van der Waals surface area contributed by atoms with Gasteiger partial charge in [0.2, 0.25) is 0 Å². The van der Waals surface area contributed by atoms with Crippen molar-refractivity contribution in [3.63, 3.8) is 0 Å². The third kappa shape index (κ3) is 2.00. The first-order valence-corrected chi connectivity index (χ1v) is 4.42. The predicted molar refractivity (Wildman–Crippen MR) is 44.1 cm³/mol. The average Bonchev–Trinajstić information content (AvgIpc) is 2.15. The summed E-state index contributed by atoms with van der Waals surface area (Å²) in [6, 6.07) is 0. The summed E-state index contributed by atoms with van der Waals surface area (Å²) in [6.45, 7) is 1.44. The Morgan fingerprint density at radius 2 is 1.54 bits per heavy atom. The van der Waals surface area contributed by atoms with E-state index in [4.69, 9.17) is 9.84 Å². The normalized spacial score (nSPS) is 46.4. The van der Waals surface area contributed by atoms with E-state index in [9.17, 15) is 15.3 Å². The Balaban J connectivity index is 2.66. The first-order valence-electron chi connectivity index (χ1n) is 4.42. The third-order valence-electron chi connectivity index (χ3n) is 2.39. The molecule has 2 unspecified atom stereocenters. The molecule has 0 saturated carbocycles. The van der Waals surface area contributed by atoms with Gasteiger partial charge in [-0.1, -0.05) is 6.92 Å². The highest BCUT2D eigenvalue weighted by Crippen LogP contribution is 2.22. The average molecular weight is 192 g/mol. The minimum Gasteiger partial charge on any atom is -0.394 e. The van der Waals surface area contributed by atoms with Crippen molar-refractivity contribution in [2.75, 3.05) is 6.61 Å². The Kier molecular flexibility index (Phi) is 3.63. The van der Waals surface area contributed by atoms with Crippen molar-refractivity contribution in [3.8, 4) is 0 Å². The lowest BCUT2D eigenvalue weighted by Gasteiger charge is -2.39. The topological polar surface area (TPSA) is 90.2 Å². The van der Waals surface area contributed by atoms with Gasteiger partial charge in [-0.3, -0.25) is 0 Å². The van der Waals surface area contributed by atoms with Crippen LogP contribution in [-0.4, -0.2) is 57.6 Å². The molecule has 78 valence electrons. The molecule has 1 fully saturated rings. The maximum Gasteiger partial charge on any atom is 0.111 e. The monoisotopic (exact) mass is 192 g/mol. The molecule has 1 aliphatic heterocycles. The van der Waals surface area contributed by atoms with E-state index in [1.807, 2.05) is 0 Å². The quantitative estimate of drug-likeness (QED) is 0.416. The molecule has 0 amide bonds. The van der Waals surface area contributed by atoms with Crippen molar-refractivity contribution in [2.24, 2.45) is 0 Å². The minimum atomic E-state index is -1.24. The molecule has 0 spiro atoms. The number of hydrogen-bond acceptors (Lipinski definition) is 5. The van der Waals surface area contributed by atoms with Gasteiger partial charge in [-0.2, -0.15) is 0 Å². The van der Waals surface area contributed by atoms with E-state index in [1.54, 1.807) is 6.92 Å². The van der Waals surface area contributed by atoms with E-state index < -0.39 is 30.5 Å². The third-order valence-corrected chi connectivity index (χ3v) is 2.39. The summed E-state index contributed by atoms with van der Waals surface area (Å²) in [6.07, 6.45) is -4.33. The van der Waals surface area contributed by atoms with Crippen LogP contribution in [0.25, 0.3) is 0 Å². The summed E-state index contributed by atoms with van der Waals surface area (Å²) < 4.78 is 5.17. The maximum atomic E-state index is 9.40. The van der Waals surface area contributed by atoms with Crippen LogP contribution in [-0.2, 0) is 4.74 Å². The maximum absolute atomic E-state index is 9.40. The largest absolute Gasteiger partial charge is 0.394 e. The van der Waals surface area contributed by atoms with Gasteiger partial charge < -0.3 is 25.2 Å². The van der Waals surface area contributed by atoms with E-state index in [-0.39, 0.29) is 6.61 Å². The Labute approximate surface area is 76.6 Å². The lowest BCUT2D eigenvalue weighted by molar-refractivity contribution is -0.229. The fraction of sp³-hybridized carbons (Fsp3) is 1.00. The molecule has 1 aliphatic rings. The van der Waals surface area contributed by atoms with Crippen molar-refractivity contribution in [2.45, 2.75) is 43.9 Å². The minimum absolute atomic E-state index is 0.360. The van der Waals surface area contributed by atoms with Gasteiger partial charge in [0.15, 0.2) is 0 Å². The van der Waals surface area contributed by atoms with Crippen LogP contribution in [0.3, 0.4) is 0 Å². The number of hydrogen-bond donors (Lipinski definition) is 4. The van der Waals surface area contributed by atoms with Gasteiger partial charge in [0, 0.05) is 0 Å². The molecular formula is C8H16O5. The zero-order valence-corrected chi connectivity index (χ0v) is 7.50. The Bertz CT molecular complexity index is 143. The highest BCUT2D eigenvalue weighted by molar-refractivity contribution is 4.91. The van der Waals surface area contributed by atoms with Gasteiger partial charge in [-0.05, 0) is 6.42 Å². The summed E-state index contributed by atoms with van der Waals surface area (Å²) in [5, 5.41) is 36.9. The predicted octanol–water partition coefficient (Wildman–Crippen LogP) is -1.76. The van der Waals surface area contributed by atoms with Crippen LogP contribution in [0.5, 0.6) is 0 Å². The summed E-state index contributed by atoms with van der Waals surface area (Å²) >= 11 is 0. The smallest absolute Gasteiger partial charge is 0.111 e. The Morgan fingerprint density at radius 1 is 1.00 bits per heavy atom. The van der Waals surface area contributed by atoms with E-state index in [0.717, 1.165) is 0 Å². The molecule has 0 aliphatic carbocycles. The van der Waals surface area contributed by atoms with Crippen LogP contribution in [0.1, 0.15) is 13.3 Å². The first kappa shape index (κ1) is 10.9. The Hall–Kier alpha value is -0.200. The van der Waals surface area contributed by atoms with Crippen molar-refractivity contribution in [1.29, 1.82) is 0 Å². The lowest BCUT2D eigenvalue weighted by atomic mass is 9.94. The van der Waals surface area contributed by atoms with Crippen LogP contribution < -0.4 is 0 Å². The van der Waals surface area contributed by atoms with E-state index >= 15 is 0 Å². The molecular weight excluding hydrogens is 176 g/mol. The molecule has 0 bridgehead atoms. The number of aliphatic hydroxyl groups excluding tert-OH is 4. The fourth-order valence-electron chi connectivity index (χ4n) is 1.52. The van der Waals surface area contributed by atoms with Gasteiger partial charge in [-0.25, -0.2) is 0 Å². The lowest BCUT2D eigenvalue weighted by Crippen LogP contribution is -2.58. The second kappa shape index (κ2) is 4.34. The molecule has 4 N–H and O–H groups in total. The highest BCUT2D eigenvalue weighted by Gasteiger charge is 2.42. The number of aliphatic hydroxyl groups is 4. The van der Waals surface area contributed by atoms with Crippen LogP contribution in [0.15, 0.2) is 0 Å². The molecule has 5 heteroatoms. The summed E-state index contributed by atoms with van der Waals surface area (Å²) in [4.78, 5) is 0. The highest BCUT2D eigenvalue weighted by atomic mass is 16.5. The second-order valence-electron chi connectivity index (χ2n) is 3.28. The van der Waals surface area contributed by atoms with Gasteiger partial charge in [0.1, 0.15) is 24.4 Å². The van der Waals surface area contributed by atoms with Crippen molar-refractivity contribution < 1.29 is 25.2 Å². The summed E-state index contributed by atoms with van der Waals surface area (Å²) in [5.41, 5.74) is 0. The van der Waals surface area contributed by atoms with E-state index in [0.29, 0.717) is 6.42 Å². The standard InChI is InChI=1S/C8H16O5/c1-2-4-6(10)8(12)7(11)5(3-9)13-4/h4-12H,2-3H2,1H3/t4-,5?,6?,7-,8+/m0/s1. The van der Waals surface area contributed by atoms with E-state index in [1.165, 1.54) is 0 Å². The molecule has 0 radical (unpaired) electrons. The van der Waals surface area contributed by atoms with Crippen LogP contribution in [0, 0.1) is 0 Å². The molecule has 5 atom stereocenters.